The average molecular weight is 279 g/mol. The van der Waals surface area contributed by atoms with Crippen molar-refractivity contribution in [3.8, 4) is 17.0 Å². The topological polar surface area (TPSA) is 72.1 Å². The van der Waals surface area contributed by atoms with Gasteiger partial charge in [0.1, 0.15) is 11.3 Å². The van der Waals surface area contributed by atoms with Gasteiger partial charge in [-0.25, -0.2) is 5.10 Å². The number of nitrogens with one attached hydrogen (secondary N) is 1. The maximum absolute atomic E-state index is 11.4. The van der Waals surface area contributed by atoms with E-state index < -0.39 is 10.8 Å². The Morgan fingerprint density at radius 2 is 2.16 bits per heavy atom. The van der Waals surface area contributed by atoms with Crippen molar-refractivity contribution in [3.63, 3.8) is 0 Å². The van der Waals surface area contributed by atoms with Crippen molar-refractivity contribution in [1.82, 2.24) is 10.2 Å². The number of H-pyrrole nitrogens is 1. The molecule has 0 unspecified atom stereocenters. The number of rotatable bonds is 4. The smallest absolute Gasteiger partial charge is 0.276 e. The summed E-state index contributed by atoms with van der Waals surface area (Å²) >= 11 is 5.35. The highest BCUT2D eigenvalue weighted by Gasteiger charge is 2.13. The number of aromatic amines is 1. The second-order valence-electron chi connectivity index (χ2n) is 3.70. The average Bonchev–Trinajstić information content (AvgIpc) is 2.40. The van der Waals surface area contributed by atoms with Gasteiger partial charge in [0.2, 0.25) is 0 Å². The molecule has 98 valence electrons. The minimum Gasteiger partial charge on any atom is -0.493 e. The molecule has 0 aliphatic carbocycles. The number of carbonyl (C=O) groups is 1. The highest BCUT2D eigenvalue weighted by Crippen LogP contribution is 2.28. The van der Waals surface area contributed by atoms with Gasteiger partial charge in [0.05, 0.1) is 12.3 Å². The van der Waals surface area contributed by atoms with E-state index in [1.165, 1.54) is 6.07 Å². The summed E-state index contributed by atoms with van der Waals surface area (Å²) in [6.07, 6.45) is 0. The van der Waals surface area contributed by atoms with E-state index in [1.54, 1.807) is 12.1 Å². The van der Waals surface area contributed by atoms with Gasteiger partial charge in [-0.3, -0.25) is 9.59 Å². The fourth-order valence-electron chi connectivity index (χ4n) is 1.65. The van der Waals surface area contributed by atoms with Crippen molar-refractivity contribution < 1.29 is 9.53 Å². The number of ether oxygens (including phenoxy) is 1. The zero-order chi connectivity index (χ0) is 13.8. The highest BCUT2D eigenvalue weighted by molar-refractivity contribution is 6.67. The standard InChI is InChI=1S/C13H11ClN2O3/c1-2-19-11-6-4-3-5-8(11)10-7-9(12(14)17)13(18)16-15-10/h3-7H,2H2,1H3,(H,16,18). The van der Waals surface area contributed by atoms with Crippen LogP contribution in [0.25, 0.3) is 11.3 Å². The van der Waals surface area contributed by atoms with E-state index in [2.05, 4.69) is 10.2 Å². The molecule has 0 aliphatic rings. The van der Waals surface area contributed by atoms with Crippen molar-refractivity contribution >= 4 is 16.8 Å². The van der Waals surface area contributed by atoms with E-state index in [4.69, 9.17) is 16.3 Å². The number of para-hydroxylation sites is 1. The van der Waals surface area contributed by atoms with E-state index in [0.717, 1.165) is 0 Å². The molecule has 0 bridgehead atoms. The van der Waals surface area contributed by atoms with E-state index in [0.29, 0.717) is 23.6 Å². The normalized spacial score (nSPS) is 10.2. The summed E-state index contributed by atoms with van der Waals surface area (Å²) in [6, 6.07) is 8.56. The SMILES string of the molecule is CCOc1ccccc1-c1cc(C(=O)Cl)c(=O)[nH]n1. The number of aromatic nitrogens is 2. The van der Waals surface area contributed by atoms with Crippen molar-refractivity contribution in [1.29, 1.82) is 0 Å². The van der Waals surface area contributed by atoms with Gasteiger partial charge in [-0.1, -0.05) is 12.1 Å². The minimum absolute atomic E-state index is 0.141. The Morgan fingerprint density at radius 1 is 1.42 bits per heavy atom. The fraction of sp³-hybridized carbons (Fsp3) is 0.154. The number of hydrogen-bond donors (Lipinski definition) is 1. The van der Waals surface area contributed by atoms with Crippen molar-refractivity contribution in [2.75, 3.05) is 6.61 Å². The molecule has 5 nitrogen and oxygen atoms in total. The van der Waals surface area contributed by atoms with Crippen molar-refractivity contribution in [3.05, 3.63) is 46.2 Å². The third-order valence-corrected chi connectivity index (χ3v) is 2.68. The molecule has 6 heteroatoms. The van der Waals surface area contributed by atoms with Crippen LogP contribution < -0.4 is 10.3 Å². The van der Waals surface area contributed by atoms with E-state index >= 15 is 0 Å². The van der Waals surface area contributed by atoms with Crippen LogP contribution in [0, 0.1) is 0 Å². The lowest BCUT2D eigenvalue weighted by molar-refractivity contribution is 0.108. The molecule has 19 heavy (non-hydrogen) atoms. The van der Waals surface area contributed by atoms with Gasteiger partial charge in [0, 0.05) is 5.56 Å². The Labute approximate surface area is 114 Å². The third-order valence-electron chi connectivity index (χ3n) is 2.48. The van der Waals surface area contributed by atoms with Crippen LogP contribution in [0.5, 0.6) is 5.75 Å². The zero-order valence-electron chi connectivity index (χ0n) is 10.1. The largest absolute Gasteiger partial charge is 0.493 e. The molecule has 1 aromatic carbocycles. The van der Waals surface area contributed by atoms with Gasteiger partial charge < -0.3 is 4.74 Å². The molecular weight excluding hydrogens is 268 g/mol. The maximum atomic E-state index is 11.4. The molecule has 2 aromatic rings. The van der Waals surface area contributed by atoms with E-state index in [-0.39, 0.29) is 5.56 Å². The lowest BCUT2D eigenvalue weighted by Gasteiger charge is -2.09. The summed E-state index contributed by atoms with van der Waals surface area (Å²) in [6.45, 7) is 2.37. The van der Waals surface area contributed by atoms with Crippen molar-refractivity contribution in [2.24, 2.45) is 0 Å². The van der Waals surface area contributed by atoms with Gasteiger partial charge >= 0.3 is 0 Å². The molecule has 0 aliphatic heterocycles. The lowest BCUT2D eigenvalue weighted by Crippen LogP contribution is -2.16. The van der Waals surface area contributed by atoms with Gasteiger partial charge in [0.25, 0.3) is 10.8 Å². The number of halogens is 1. The number of hydrogen-bond acceptors (Lipinski definition) is 4. The van der Waals surface area contributed by atoms with Crippen LogP contribution in [0.15, 0.2) is 35.1 Å². The number of benzene rings is 1. The number of carbonyl (C=O) groups excluding carboxylic acids is 1. The monoisotopic (exact) mass is 278 g/mol. The Hall–Kier alpha value is -2.14. The van der Waals surface area contributed by atoms with Crippen LogP contribution >= 0.6 is 11.6 Å². The molecule has 1 N–H and O–H groups in total. The Morgan fingerprint density at radius 3 is 2.84 bits per heavy atom. The molecule has 1 aromatic heterocycles. The molecule has 0 atom stereocenters. The van der Waals surface area contributed by atoms with Gasteiger partial charge in [-0.15, -0.1) is 0 Å². The first-order chi connectivity index (χ1) is 9.13. The first-order valence-electron chi connectivity index (χ1n) is 5.65. The van der Waals surface area contributed by atoms with E-state index in [9.17, 15) is 9.59 Å². The summed E-state index contributed by atoms with van der Waals surface area (Å²) in [5.41, 5.74) is 0.350. The summed E-state index contributed by atoms with van der Waals surface area (Å²) in [5, 5.41) is 5.34. The van der Waals surface area contributed by atoms with Crippen molar-refractivity contribution in [2.45, 2.75) is 6.92 Å². The molecule has 1 heterocycles. The van der Waals surface area contributed by atoms with E-state index in [1.807, 2.05) is 19.1 Å². The molecule has 0 fully saturated rings. The minimum atomic E-state index is -0.821. The second kappa shape index (κ2) is 5.67. The first kappa shape index (κ1) is 13.3. The Bertz CT molecular complexity index is 667. The summed E-state index contributed by atoms with van der Waals surface area (Å²) in [7, 11) is 0. The van der Waals surface area contributed by atoms with Crippen LogP contribution in [0.1, 0.15) is 17.3 Å². The Balaban J connectivity index is 2.56. The van der Waals surface area contributed by atoms with Crippen LogP contribution in [0.2, 0.25) is 0 Å². The predicted molar refractivity (Wildman–Crippen MR) is 71.6 cm³/mol. The summed E-state index contributed by atoms with van der Waals surface area (Å²) in [5.74, 6) is 0.623. The Kier molecular flexibility index (Phi) is 3.97. The quantitative estimate of drug-likeness (QED) is 0.871. The van der Waals surface area contributed by atoms with Crippen LogP contribution in [-0.2, 0) is 0 Å². The molecule has 0 saturated carbocycles. The van der Waals surface area contributed by atoms with Gasteiger partial charge in [-0.05, 0) is 36.7 Å². The zero-order valence-corrected chi connectivity index (χ0v) is 10.9. The summed E-state index contributed by atoms with van der Waals surface area (Å²) in [4.78, 5) is 22.5. The molecule has 0 spiro atoms. The molecule has 0 radical (unpaired) electrons. The summed E-state index contributed by atoms with van der Waals surface area (Å²) < 4.78 is 5.47. The molecule has 0 amide bonds. The van der Waals surface area contributed by atoms with Gasteiger partial charge in [-0.2, -0.15) is 5.10 Å². The molecular formula is C13H11ClN2O3. The van der Waals surface area contributed by atoms with Gasteiger partial charge in [0.15, 0.2) is 0 Å². The van der Waals surface area contributed by atoms with Crippen LogP contribution in [-0.4, -0.2) is 22.0 Å². The second-order valence-corrected chi connectivity index (χ2v) is 4.04. The third kappa shape index (κ3) is 2.82. The fourth-order valence-corrected chi connectivity index (χ4v) is 1.79. The number of nitrogens with zero attached hydrogens (tertiary/aromatic N) is 1. The molecule has 2 rings (SSSR count). The predicted octanol–water partition coefficient (Wildman–Crippen LogP) is 2.21. The lowest BCUT2D eigenvalue weighted by atomic mass is 10.1. The highest BCUT2D eigenvalue weighted by atomic mass is 35.5. The maximum Gasteiger partial charge on any atom is 0.276 e. The first-order valence-corrected chi connectivity index (χ1v) is 6.03. The van der Waals surface area contributed by atoms with Crippen LogP contribution in [0.4, 0.5) is 0 Å². The van der Waals surface area contributed by atoms with Crippen LogP contribution in [0.3, 0.4) is 0 Å². The molecule has 0 saturated heterocycles.